The Bertz CT molecular complexity index is 1610. The van der Waals surface area contributed by atoms with Gasteiger partial charge in [0, 0.05) is 47.3 Å². The summed E-state index contributed by atoms with van der Waals surface area (Å²) in [7, 11) is 1.78. The molecule has 0 spiro atoms. The number of halogens is 12. The van der Waals surface area contributed by atoms with E-state index in [2.05, 4.69) is 0 Å². The molecule has 23 heteroatoms. The summed E-state index contributed by atoms with van der Waals surface area (Å²) in [5.74, 6) is -14.5. The van der Waals surface area contributed by atoms with Gasteiger partial charge in [0.1, 0.15) is 24.4 Å². The highest BCUT2D eigenvalue weighted by atomic mass is 19.4. The summed E-state index contributed by atoms with van der Waals surface area (Å²) in [6.45, 7) is 0. The van der Waals surface area contributed by atoms with Crippen LogP contribution in [-0.2, 0) is 52.2 Å². The number of methoxy groups -OCH3 is 2. The smallest absolute Gasteiger partial charge is 0.423 e. The molecule has 0 aromatic carbocycles. The van der Waals surface area contributed by atoms with Gasteiger partial charge in [-0.3, -0.25) is 0 Å². The van der Waals surface area contributed by atoms with Crippen LogP contribution in [0.5, 0.6) is 0 Å². The third-order valence-electron chi connectivity index (χ3n) is 15.5. The monoisotopic (exact) mass is 786 g/mol. The summed E-state index contributed by atoms with van der Waals surface area (Å²) < 4.78 is 225. The molecule has 0 aromatic rings. The summed E-state index contributed by atoms with van der Waals surface area (Å²) in [6, 6.07) is 0. The predicted molar refractivity (Wildman–Crippen MR) is 130 cm³/mol. The number of epoxide rings is 2. The van der Waals surface area contributed by atoms with Crippen molar-refractivity contribution >= 4 is 11.9 Å². The minimum Gasteiger partial charge on any atom is -0.467 e. The van der Waals surface area contributed by atoms with Crippen molar-refractivity contribution in [3.8, 4) is 0 Å². The highest BCUT2D eigenvalue weighted by molar-refractivity contribution is 5.90. The number of esters is 2. The van der Waals surface area contributed by atoms with Crippen LogP contribution in [-0.4, -0.2) is 133 Å². The van der Waals surface area contributed by atoms with E-state index < -0.39 is 166 Å². The molecule has 10 bridgehead atoms. The summed E-state index contributed by atoms with van der Waals surface area (Å²) in [4.78, 5) is 28.3. The van der Waals surface area contributed by atoms with Crippen LogP contribution in [0.1, 0.15) is 0 Å². The van der Waals surface area contributed by atoms with E-state index in [0.717, 1.165) is 14.2 Å². The number of hydrogen-bond donors (Lipinski definition) is 0. The van der Waals surface area contributed by atoms with Crippen LogP contribution >= 0.6 is 0 Å². The SMILES string of the molecule is COC(=O)C12OC(C(=O)OC)([C@@H]3[C@@H]4O[C@@H]([C@@H]5[C@H]4[C@@H]4O[C@H]5[C@@]5(C(F)(F)F)O[C@@]45C(F)(F)F)[C@@H]31)[C@H]1[C@H]3O[C@H]([C@H]4[C@@H]3[C@H]3O[C@@H]4[C@]4(C(F)(F)F)O[C@]34C(F)(F)F)[C@H]12. The van der Waals surface area contributed by atoms with Crippen molar-refractivity contribution in [1.82, 2.24) is 0 Å². The number of rotatable bonds is 2. The second kappa shape index (κ2) is 8.13. The van der Waals surface area contributed by atoms with E-state index in [9.17, 15) is 62.3 Å². The minimum atomic E-state index is -5.60. The van der Waals surface area contributed by atoms with Crippen molar-refractivity contribution in [2.45, 2.75) is 107 Å². The molecule has 22 atom stereocenters. The van der Waals surface area contributed by atoms with Crippen LogP contribution in [0, 0.1) is 47.3 Å². The first-order chi connectivity index (χ1) is 24.5. The molecule has 0 radical (unpaired) electrons. The molecule has 0 saturated carbocycles. The van der Waals surface area contributed by atoms with E-state index in [1.807, 2.05) is 0 Å². The van der Waals surface area contributed by atoms with Gasteiger partial charge in [0.15, 0.2) is 11.2 Å². The molecule has 11 nitrogen and oxygen atoms in total. The van der Waals surface area contributed by atoms with E-state index in [1.54, 1.807) is 0 Å². The molecule has 12 aliphatic rings. The topological polar surface area (TPSA) is 124 Å². The molecule has 0 aliphatic carbocycles. The molecule has 12 rings (SSSR count). The van der Waals surface area contributed by atoms with Crippen LogP contribution in [0.2, 0.25) is 0 Å². The van der Waals surface area contributed by atoms with Gasteiger partial charge in [-0.25, -0.2) is 9.59 Å². The van der Waals surface area contributed by atoms with Crippen LogP contribution in [0.15, 0.2) is 0 Å². The summed E-state index contributed by atoms with van der Waals surface area (Å²) >= 11 is 0. The average Bonchev–Trinajstić information content (AvgIpc) is 3.65. The zero-order valence-corrected chi connectivity index (χ0v) is 26.3. The number of carbonyl (C=O) groups is 2. The number of hydrogen-bond acceptors (Lipinski definition) is 11. The fraction of sp³-hybridized carbons (Fsp3) is 0.933. The molecule has 0 amide bonds. The van der Waals surface area contributed by atoms with E-state index in [-0.39, 0.29) is 0 Å². The van der Waals surface area contributed by atoms with Gasteiger partial charge in [0.05, 0.1) is 38.6 Å². The largest absolute Gasteiger partial charge is 0.467 e. The zero-order valence-electron chi connectivity index (χ0n) is 26.3. The summed E-state index contributed by atoms with van der Waals surface area (Å²) in [6.07, 6.45) is -37.9. The van der Waals surface area contributed by atoms with Gasteiger partial charge in [-0.2, -0.15) is 52.7 Å². The Kier molecular flexibility index (Phi) is 5.07. The average molecular weight is 786 g/mol. The first kappa shape index (κ1) is 33.0. The standard InChI is InChI=1S/C30H22F12O11/c1-45-19(43)21-7-9(13-5-3(11(7)47-13)15-23(27(31,32)33)25(52-23,17(5)49-15)29(37,38)39)22(51-21,20(44)46-2)10-8(21)12-4-6(14(10)48-12)18-26(30(40,41)42)24(53-26,16(4)50-18)28(34,35)36/h3-18H,1-2H3/t3-,4+,5+,6-,7+,8-,9-,10+,11-,12+,13+,14-,15+,16-,17-,18+,21?,22?,23+,24-,25-,26+. The summed E-state index contributed by atoms with van der Waals surface area (Å²) in [5, 5.41) is 0. The highest BCUT2D eigenvalue weighted by Gasteiger charge is 3.08. The lowest BCUT2D eigenvalue weighted by Crippen LogP contribution is -2.71. The second-order valence-corrected chi connectivity index (χ2v) is 16.3. The number of ether oxygens (including phenoxy) is 9. The zero-order chi connectivity index (χ0) is 37.8. The van der Waals surface area contributed by atoms with Gasteiger partial charge in [-0.15, -0.1) is 0 Å². The van der Waals surface area contributed by atoms with E-state index in [1.165, 1.54) is 0 Å². The van der Waals surface area contributed by atoms with Crippen molar-refractivity contribution in [1.29, 1.82) is 0 Å². The van der Waals surface area contributed by atoms with Crippen LogP contribution in [0.4, 0.5) is 52.7 Å². The Labute approximate surface area is 286 Å². The Morgan fingerprint density at radius 1 is 0.434 bits per heavy atom. The Morgan fingerprint density at radius 3 is 0.887 bits per heavy atom. The minimum absolute atomic E-state index is 0.888. The number of fused-ring (bicyclic) bond motifs is 36. The van der Waals surface area contributed by atoms with Crippen LogP contribution in [0.3, 0.4) is 0 Å². The lowest BCUT2D eigenvalue weighted by molar-refractivity contribution is -0.222. The molecule has 2 unspecified atom stereocenters. The first-order valence-corrected chi connectivity index (χ1v) is 16.7. The van der Waals surface area contributed by atoms with Crippen molar-refractivity contribution in [3.05, 3.63) is 0 Å². The Hall–Kier alpha value is -2.18. The van der Waals surface area contributed by atoms with Gasteiger partial charge >= 0.3 is 36.6 Å². The lowest BCUT2D eigenvalue weighted by atomic mass is 9.44. The molecular formula is C30H22F12O11. The van der Waals surface area contributed by atoms with Crippen molar-refractivity contribution < 1.29 is 105 Å². The second-order valence-electron chi connectivity index (χ2n) is 16.3. The molecule has 53 heavy (non-hydrogen) atoms. The first-order valence-electron chi connectivity index (χ1n) is 16.7. The number of carbonyl (C=O) groups excluding carboxylic acids is 2. The van der Waals surface area contributed by atoms with Crippen molar-refractivity contribution in [2.24, 2.45) is 47.3 Å². The molecule has 0 aromatic heterocycles. The molecule has 292 valence electrons. The molecule has 12 saturated heterocycles. The number of alkyl halides is 12. The van der Waals surface area contributed by atoms with Gasteiger partial charge in [-0.1, -0.05) is 0 Å². The van der Waals surface area contributed by atoms with Crippen molar-refractivity contribution in [2.75, 3.05) is 14.2 Å². The van der Waals surface area contributed by atoms with Crippen molar-refractivity contribution in [3.63, 3.8) is 0 Å². The maximum atomic E-state index is 14.6. The molecule has 12 aliphatic heterocycles. The van der Waals surface area contributed by atoms with Gasteiger partial charge < -0.3 is 42.6 Å². The normalized spacial score (nSPS) is 63.0. The van der Waals surface area contributed by atoms with Gasteiger partial charge in [0.25, 0.3) is 0 Å². The van der Waals surface area contributed by atoms with Crippen LogP contribution in [0.25, 0.3) is 0 Å². The molecule has 0 N–H and O–H groups in total. The third-order valence-corrected chi connectivity index (χ3v) is 15.5. The molecule has 12 fully saturated rings. The quantitative estimate of drug-likeness (QED) is 0.233. The van der Waals surface area contributed by atoms with E-state index >= 15 is 0 Å². The Morgan fingerprint density at radius 2 is 0.679 bits per heavy atom. The Balaban J connectivity index is 1.02. The fourth-order valence-corrected chi connectivity index (χ4v) is 14.6. The van der Waals surface area contributed by atoms with Gasteiger partial charge in [-0.05, 0) is 0 Å². The predicted octanol–water partition coefficient (Wildman–Crippen LogP) is 2.17. The van der Waals surface area contributed by atoms with Crippen LogP contribution < -0.4 is 0 Å². The third kappa shape index (κ3) is 2.59. The van der Waals surface area contributed by atoms with Gasteiger partial charge in [0.2, 0.25) is 22.4 Å². The lowest BCUT2D eigenvalue weighted by Gasteiger charge is -2.52. The summed E-state index contributed by atoms with van der Waals surface area (Å²) in [5.41, 5.74) is -20.2. The maximum absolute atomic E-state index is 14.6. The molecule has 12 heterocycles. The fourth-order valence-electron chi connectivity index (χ4n) is 14.6. The molecular weight excluding hydrogens is 764 g/mol. The highest BCUT2D eigenvalue weighted by Crippen LogP contribution is 2.87. The maximum Gasteiger partial charge on any atom is 0.423 e. The van der Waals surface area contributed by atoms with E-state index in [0.29, 0.717) is 0 Å². The van der Waals surface area contributed by atoms with E-state index in [4.69, 9.17) is 42.6 Å².